The minimum atomic E-state index is -0.460. The minimum absolute atomic E-state index is 0.0372. The van der Waals surface area contributed by atoms with Gasteiger partial charge in [-0.25, -0.2) is 0 Å². The van der Waals surface area contributed by atoms with Crippen molar-refractivity contribution in [2.24, 2.45) is 0 Å². The largest absolute Gasteiger partial charge is 0.505 e. The van der Waals surface area contributed by atoms with Gasteiger partial charge in [0.1, 0.15) is 17.5 Å². The predicted octanol–water partition coefficient (Wildman–Crippen LogP) is 2.81. The van der Waals surface area contributed by atoms with Gasteiger partial charge in [-0.05, 0) is 30.7 Å². The number of aromatic amines is 1. The second kappa shape index (κ2) is 5.04. The highest BCUT2D eigenvalue weighted by Gasteiger charge is 2.13. The van der Waals surface area contributed by atoms with E-state index in [-0.39, 0.29) is 17.1 Å². The van der Waals surface area contributed by atoms with Crippen LogP contribution in [0.4, 0.5) is 5.69 Å². The zero-order chi connectivity index (χ0) is 14.0. The Morgan fingerprint density at radius 2 is 2.21 bits per heavy atom. The van der Waals surface area contributed by atoms with Crippen LogP contribution in [0.25, 0.3) is 0 Å². The number of rotatable bonds is 2. The third kappa shape index (κ3) is 2.69. The number of halogens is 1. The molecule has 3 N–H and O–H groups in total. The van der Waals surface area contributed by atoms with Crippen molar-refractivity contribution in [1.29, 1.82) is 5.26 Å². The normalized spacial score (nSPS) is 9.95. The van der Waals surface area contributed by atoms with Crippen molar-refractivity contribution in [3.63, 3.8) is 0 Å². The van der Waals surface area contributed by atoms with Gasteiger partial charge in [-0.15, -0.1) is 0 Å². The lowest BCUT2D eigenvalue weighted by molar-refractivity contribution is 0.102. The summed E-state index contributed by atoms with van der Waals surface area (Å²) in [5.74, 6) is -0.497. The average Bonchev–Trinajstić information content (AvgIpc) is 2.84. The number of amides is 1. The van der Waals surface area contributed by atoms with Crippen LogP contribution >= 0.6 is 11.6 Å². The van der Waals surface area contributed by atoms with E-state index in [4.69, 9.17) is 16.9 Å². The van der Waals surface area contributed by atoms with Gasteiger partial charge in [-0.1, -0.05) is 11.6 Å². The van der Waals surface area contributed by atoms with Crippen molar-refractivity contribution in [2.75, 3.05) is 5.32 Å². The molecule has 1 amide bonds. The number of aromatic nitrogens is 1. The minimum Gasteiger partial charge on any atom is -0.505 e. The third-order valence-corrected chi connectivity index (χ3v) is 2.79. The molecule has 1 heterocycles. The maximum atomic E-state index is 11.9. The van der Waals surface area contributed by atoms with E-state index in [1.807, 2.05) is 6.07 Å². The molecule has 0 bridgehead atoms. The number of hydrogen-bond donors (Lipinski definition) is 3. The molecule has 6 heteroatoms. The summed E-state index contributed by atoms with van der Waals surface area (Å²) in [5.41, 5.74) is 1.38. The molecule has 0 saturated carbocycles. The zero-order valence-corrected chi connectivity index (χ0v) is 10.7. The number of nitrogens with zero attached hydrogens (tertiary/aromatic N) is 1. The molecule has 2 rings (SSSR count). The van der Waals surface area contributed by atoms with Gasteiger partial charge >= 0.3 is 0 Å². The number of aryl methyl sites for hydroxylation is 1. The van der Waals surface area contributed by atoms with Crippen LogP contribution in [0.1, 0.15) is 21.6 Å². The van der Waals surface area contributed by atoms with Crippen molar-refractivity contribution < 1.29 is 9.90 Å². The van der Waals surface area contributed by atoms with Crippen molar-refractivity contribution in [3.8, 4) is 11.8 Å². The number of benzene rings is 1. The number of carbonyl (C=O) groups is 1. The van der Waals surface area contributed by atoms with Crippen LogP contribution in [-0.4, -0.2) is 16.0 Å². The standard InChI is InChI=1S/C13H10ClN3O2/c1-7-2-9(14)4-10(12(7)18)17-13(19)11-3-8(5-15)6-16-11/h2-4,6,16,18H,1H3,(H,17,19). The SMILES string of the molecule is Cc1cc(Cl)cc(NC(=O)c2cc(C#N)c[nH]2)c1O. The summed E-state index contributed by atoms with van der Waals surface area (Å²) < 4.78 is 0. The molecule has 0 radical (unpaired) electrons. The van der Waals surface area contributed by atoms with Crippen LogP contribution in [0.15, 0.2) is 24.4 Å². The lowest BCUT2D eigenvalue weighted by Crippen LogP contribution is -2.12. The Kier molecular flexibility index (Phi) is 3.45. The first-order valence-corrected chi connectivity index (χ1v) is 5.78. The molecule has 1 aromatic carbocycles. The Morgan fingerprint density at radius 3 is 2.84 bits per heavy atom. The van der Waals surface area contributed by atoms with Crippen LogP contribution in [0.2, 0.25) is 5.02 Å². The molecule has 0 unspecified atom stereocenters. The molecule has 0 saturated heterocycles. The maximum Gasteiger partial charge on any atom is 0.272 e. The number of carbonyl (C=O) groups excluding carboxylic acids is 1. The number of phenols is 1. The second-order valence-corrected chi connectivity index (χ2v) is 4.42. The second-order valence-electron chi connectivity index (χ2n) is 3.99. The van der Waals surface area contributed by atoms with Crippen LogP contribution in [0, 0.1) is 18.3 Å². The fourth-order valence-electron chi connectivity index (χ4n) is 1.61. The Bertz CT molecular complexity index is 686. The maximum absolute atomic E-state index is 11.9. The summed E-state index contributed by atoms with van der Waals surface area (Å²) in [5, 5.41) is 21.5. The molecule has 0 aliphatic carbocycles. The Morgan fingerprint density at radius 1 is 1.47 bits per heavy atom. The van der Waals surface area contributed by atoms with Gasteiger partial charge < -0.3 is 15.4 Å². The van der Waals surface area contributed by atoms with Gasteiger partial charge in [-0.3, -0.25) is 4.79 Å². The van der Waals surface area contributed by atoms with Crippen LogP contribution in [0.5, 0.6) is 5.75 Å². The van der Waals surface area contributed by atoms with Gasteiger partial charge in [0.25, 0.3) is 5.91 Å². The van der Waals surface area contributed by atoms with E-state index in [0.717, 1.165) is 0 Å². The van der Waals surface area contributed by atoms with Gasteiger partial charge in [0.05, 0.1) is 11.3 Å². The number of nitrogens with one attached hydrogen (secondary N) is 2. The average molecular weight is 276 g/mol. The summed E-state index contributed by atoms with van der Waals surface area (Å²) >= 11 is 5.86. The number of H-pyrrole nitrogens is 1. The Balaban J connectivity index is 2.26. The zero-order valence-electron chi connectivity index (χ0n) is 9.99. The quantitative estimate of drug-likeness (QED) is 0.736. The van der Waals surface area contributed by atoms with E-state index in [1.165, 1.54) is 18.3 Å². The van der Waals surface area contributed by atoms with Gasteiger partial charge in [0.2, 0.25) is 0 Å². The van der Waals surface area contributed by atoms with Crippen LogP contribution in [0.3, 0.4) is 0 Å². The first-order chi connectivity index (χ1) is 9.01. The summed E-state index contributed by atoms with van der Waals surface area (Å²) in [6, 6.07) is 6.38. The Labute approximate surface area is 114 Å². The highest BCUT2D eigenvalue weighted by atomic mass is 35.5. The smallest absolute Gasteiger partial charge is 0.272 e. The molecule has 0 fully saturated rings. The van der Waals surface area contributed by atoms with Crippen LogP contribution < -0.4 is 5.32 Å². The van der Waals surface area contributed by atoms with E-state index < -0.39 is 5.91 Å². The van der Waals surface area contributed by atoms with Gasteiger partial charge in [0, 0.05) is 11.2 Å². The van der Waals surface area contributed by atoms with Crippen molar-refractivity contribution >= 4 is 23.2 Å². The number of anilines is 1. The Hall–Kier alpha value is -2.45. The highest BCUT2D eigenvalue weighted by Crippen LogP contribution is 2.31. The van der Waals surface area contributed by atoms with E-state index in [0.29, 0.717) is 16.1 Å². The molecule has 0 spiro atoms. The van der Waals surface area contributed by atoms with Crippen molar-refractivity contribution in [2.45, 2.75) is 6.92 Å². The topological polar surface area (TPSA) is 88.9 Å². The summed E-state index contributed by atoms with van der Waals surface area (Å²) in [7, 11) is 0. The molecule has 0 atom stereocenters. The predicted molar refractivity (Wildman–Crippen MR) is 71.3 cm³/mol. The molecular formula is C13H10ClN3O2. The molecule has 2 aromatic rings. The number of aromatic hydroxyl groups is 1. The van der Waals surface area contributed by atoms with Crippen molar-refractivity contribution in [1.82, 2.24) is 4.98 Å². The first-order valence-electron chi connectivity index (χ1n) is 5.40. The molecule has 19 heavy (non-hydrogen) atoms. The monoisotopic (exact) mass is 275 g/mol. The fraction of sp³-hybridized carbons (Fsp3) is 0.0769. The van der Waals surface area contributed by atoms with Crippen LogP contribution in [-0.2, 0) is 0 Å². The fourth-order valence-corrected chi connectivity index (χ4v) is 1.88. The van der Waals surface area contributed by atoms with E-state index in [1.54, 1.807) is 13.0 Å². The molecule has 5 nitrogen and oxygen atoms in total. The lowest BCUT2D eigenvalue weighted by Gasteiger charge is -2.09. The lowest BCUT2D eigenvalue weighted by atomic mass is 10.2. The van der Waals surface area contributed by atoms with Crippen molar-refractivity contribution in [3.05, 3.63) is 46.2 Å². The number of nitriles is 1. The molecule has 0 aliphatic rings. The van der Waals surface area contributed by atoms with Gasteiger partial charge in [0.15, 0.2) is 0 Å². The third-order valence-electron chi connectivity index (χ3n) is 2.57. The first kappa shape index (κ1) is 13.0. The van der Waals surface area contributed by atoms with E-state index >= 15 is 0 Å². The van der Waals surface area contributed by atoms with E-state index in [9.17, 15) is 9.90 Å². The molecule has 0 aliphatic heterocycles. The number of phenolic OH excluding ortho intramolecular Hbond substituents is 1. The summed E-state index contributed by atoms with van der Waals surface area (Å²) in [6.45, 7) is 1.68. The molecule has 1 aromatic heterocycles. The number of hydrogen-bond acceptors (Lipinski definition) is 3. The molecule has 96 valence electrons. The van der Waals surface area contributed by atoms with E-state index in [2.05, 4.69) is 10.3 Å². The highest BCUT2D eigenvalue weighted by molar-refractivity contribution is 6.31. The molecular weight excluding hydrogens is 266 g/mol. The van der Waals surface area contributed by atoms with Gasteiger partial charge in [-0.2, -0.15) is 5.26 Å². The summed E-state index contributed by atoms with van der Waals surface area (Å²) in [6.07, 6.45) is 1.43. The summed E-state index contributed by atoms with van der Waals surface area (Å²) in [4.78, 5) is 14.6.